The molecule has 1 fully saturated rings. The molecule has 0 radical (unpaired) electrons. The number of likely N-dealkylation sites (tertiary alicyclic amines) is 1. The van der Waals surface area contributed by atoms with Crippen molar-refractivity contribution in [3.8, 4) is 0 Å². The van der Waals surface area contributed by atoms with Gasteiger partial charge < -0.3 is 20.0 Å². The first-order valence-electron chi connectivity index (χ1n) is 9.19. The van der Waals surface area contributed by atoms with Crippen LogP contribution in [0.3, 0.4) is 0 Å². The molecule has 0 atom stereocenters. The lowest BCUT2D eigenvalue weighted by atomic mass is 9.95. The Morgan fingerprint density at radius 3 is 2.43 bits per heavy atom. The summed E-state index contributed by atoms with van der Waals surface area (Å²) < 4.78 is 5.13. The van der Waals surface area contributed by atoms with Crippen LogP contribution in [0.25, 0.3) is 0 Å². The van der Waals surface area contributed by atoms with Crippen LogP contribution in [0.2, 0.25) is 5.02 Å². The molecule has 3 amide bonds. The highest BCUT2D eigenvalue weighted by Crippen LogP contribution is 2.19. The van der Waals surface area contributed by atoms with Crippen LogP contribution in [-0.4, -0.2) is 48.8 Å². The van der Waals surface area contributed by atoms with Crippen LogP contribution in [-0.2, 0) is 4.79 Å². The Kier molecular flexibility index (Phi) is 6.71. The minimum Gasteiger partial charge on any atom is -0.459 e. The topological polar surface area (TPSA) is 91.7 Å². The van der Waals surface area contributed by atoms with Gasteiger partial charge in [0.2, 0.25) is 5.91 Å². The molecule has 0 saturated carbocycles. The van der Waals surface area contributed by atoms with Gasteiger partial charge in [-0.25, -0.2) is 0 Å². The number of halogens is 1. The quantitative estimate of drug-likeness (QED) is 0.724. The fourth-order valence-electron chi connectivity index (χ4n) is 3.15. The number of rotatable bonds is 6. The predicted molar refractivity (Wildman–Crippen MR) is 104 cm³/mol. The van der Waals surface area contributed by atoms with Gasteiger partial charge in [0, 0.05) is 32.1 Å². The number of hydrogen-bond donors (Lipinski definition) is 2. The first kappa shape index (κ1) is 19.9. The Bertz CT molecular complexity index is 830. The first-order chi connectivity index (χ1) is 13.6. The van der Waals surface area contributed by atoms with E-state index in [4.69, 9.17) is 16.0 Å². The smallest absolute Gasteiger partial charge is 0.289 e. The summed E-state index contributed by atoms with van der Waals surface area (Å²) in [6.07, 6.45) is 2.67. The highest BCUT2D eigenvalue weighted by molar-refractivity contribution is 6.33. The summed E-state index contributed by atoms with van der Waals surface area (Å²) in [5.41, 5.74) is 0.407. The van der Waals surface area contributed by atoms with E-state index in [2.05, 4.69) is 10.6 Å². The van der Waals surface area contributed by atoms with E-state index >= 15 is 0 Å². The van der Waals surface area contributed by atoms with E-state index in [1.165, 1.54) is 6.26 Å². The molecule has 1 aromatic carbocycles. The van der Waals surface area contributed by atoms with Crippen molar-refractivity contribution in [2.24, 2.45) is 5.92 Å². The van der Waals surface area contributed by atoms with E-state index in [1.807, 2.05) is 0 Å². The zero-order chi connectivity index (χ0) is 19.9. The van der Waals surface area contributed by atoms with Gasteiger partial charge in [-0.1, -0.05) is 23.7 Å². The van der Waals surface area contributed by atoms with E-state index in [1.54, 1.807) is 41.3 Å². The van der Waals surface area contributed by atoms with Gasteiger partial charge in [-0.05, 0) is 37.1 Å². The van der Waals surface area contributed by atoms with Crippen LogP contribution in [0, 0.1) is 5.92 Å². The second-order valence-corrected chi connectivity index (χ2v) is 6.98. The Labute approximate surface area is 168 Å². The Hall–Kier alpha value is -2.80. The van der Waals surface area contributed by atoms with Crippen LogP contribution >= 0.6 is 11.6 Å². The number of nitrogens with zero attached hydrogens (tertiary/aromatic N) is 1. The number of carbonyl (C=O) groups excluding carboxylic acids is 3. The van der Waals surface area contributed by atoms with Crippen molar-refractivity contribution in [1.29, 1.82) is 0 Å². The van der Waals surface area contributed by atoms with Crippen molar-refractivity contribution in [2.75, 3.05) is 26.2 Å². The van der Waals surface area contributed by atoms with Crippen molar-refractivity contribution >= 4 is 29.3 Å². The lowest BCUT2D eigenvalue weighted by molar-refractivity contribution is -0.126. The molecule has 0 aliphatic carbocycles. The highest BCUT2D eigenvalue weighted by atomic mass is 35.5. The first-order valence-corrected chi connectivity index (χ1v) is 9.57. The van der Waals surface area contributed by atoms with Gasteiger partial charge in [-0.15, -0.1) is 0 Å². The highest BCUT2D eigenvalue weighted by Gasteiger charge is 2.28. The van der Waals surface area contributed by atoms with Gasteiger partial charge in [0.1, 0.15) is 0 Å². The van der Waals surface area contributed by atoms with E-state index in [0.29, 0.717) is 55.4 Å². The molecule has 28 heavy (non-hydrogen) atoms. The molecule has 2 heterocycles. The van der Waals surface area contributed by atoms with Crippen LogP contribution in [0.15, 0.2) is 47.1 Å². The average molecular weight is 404 g/mol. The zero-order valence-electron chi connectivity index (χ0n) is 15.3. The van der Waals surface area contributed by atoms with Crippen LogP contribution < -0.4 is 10.6 Å². The number of piperidine rings is 1. The Morgan fingerprint density at radius 2 is 1.75 bits per heavy atom. The molecule has 3 rings (SSSR count). The SMILES string of the molecule is O=C(NCCNC(=O)C1CCN(C(=O)c2ccco2)CC1)c1ccccc1Cl. The number of carbonyl (C=O) groups is 3. The van der Waals surface area contributed by atoms with Crippen LogP contribution in [0.4, 0.5) is 0 Å². The summed E-state index contributed by atoms with van der Waals surface area (Å²) in [6, 6.07) is 10.1. The maximum Gasteiger partial charge on any atom is 0.289 e. The summed E-state index contributed by atoms with van der Waals surface area (Å²) in [6.45, 7) is 1.67. The fraction of sp³-hybridized carbons (Fsp3) is 0.350. The second kappa shape index (κ2) is 9.41. The molecule has 0 unspecified atom stereocenters. The van der Waals surface area contributed by atoms with Gasteiger partial charge >= 0.3 is 0 Å². The monoisotopic (exact) mass is 403 g/mol. The van der Waals surface area contributed by atoms with Gasteiger partial charge in [-0.3, -0.25) is 14.4 Å². The van der Waals surface area contributed by atoms with E-state index < -0.39 is 0 Å². The molecule has 8 heteroatoms. The third kappa shape index (κ3) is 4.92. The molecule has 1 saturated heterocycles. The summed E-state index contributed by atoms with van der Waals surface area (Å²) in [5.74, 6) is -0.301. The summed E-state index contributed by atoms with van der Waals surface area (Å²) in [7, 11) is 0. The third-order valence-corrected chi connectivity index (χ3v) is 5.04. The maximum absolute atomic E-state index is 12.3. The van der Waals surface area contributed by atoms with Crippen molar-refractivity contribution in [2.45, 2.75) is 12.8 Å². The van der Waals surface area contributed by atoms with Crippen molar-refractivity contribution < 1.29 is 18.8 Å². The third-order valence-electron chi connectivity index (χ3n) is 4.71. The van der Waals surface area contributed by atoms with Gasteiger partial charge in [0.05, 0.1) is 16.8 Å². The number of amides is 3. The van der Waals surface area contributed by atoms with Crippen LogP contribution in [0.1, 0.15) is 33.8 Å². The van der Waals surface area contributed by atoms with E-state index in [0.717, 1.165) is 0 Å². The fourth-order valence-corrected chi connectivity index (χ4v) is 3.37. The summed E-state index contributed by atoms with van der Waals surface area (Å²) in [5, 5.41) is 5.96. The standard InChI is InChI=1S/C20H22ClN3O4/c21-16-5-2-1-4-15(16)19(26)23-10-9-22-18(25)14-7-11-24(12-8-14)20(27)17-6-3-13-28-17/h1-6,13-14H,7-12H2,(H,22,25)(H,23,26). The molecule has 148 valence electrons. The summed E-state index contributed by atoms with van der Waals surface area (Å²) >= 11 is 5.99. The molecular weight excluding hydrogens is 382 g/mol. The normalized spacial score (nSPS) is 14.5. The Balaban J connectivity index is 1.36. The van der Waals surface area contributed by atoms with Crippen LogP contribution in [0.5, 0.6) is 0 Å². The van der Waals surface area contributed by atoms with Crippen molar-refractivity contribution in [3.63, 3.8) is 0 Å². The minimum atomic E-state index is -0.274. The lowest BCUT2D eigenvalue weighted by Gasteiger charge is -2.30. The zero-order valence-corrected chi connectivity index (χ0v) is 16.1. The van der Waals surface area contributed by atoms with Gasteiger partial charge in [-0.2, -0.15) is 0 Å². The number of furan rings is 1. The lowest BCUT2D eigenvalue weighted by Crippen LogP contribution is -2.44. The molecule has 0 bridgehead atoms. The van der Waals surface area contributed by atoms with E-state index in [9.17, 15) is 14.4 Å². The van der Waals surface area contributed by atoms with Gasteiger partial charge in [0.25, 0.3) is 11.8 Å². The largest absolute Gasteiger partial charge is 0.459 e. The predicted octanol–water partition coefficient (Wildman–Crippen LogP) is 2.33. The Morgan fingerprint density at radius 1 is 1.04 bits per heavy atom. The second-order valence-electron chi connectivity index (χ2n) is 6.57. The molecule has 7 nitrogen and oxygen atoms in total. The molecule has 1 aromatic heterocycles. The summed E-state index contributed by atoms with van der Waals surface area (Å²) in [4.78, 5) is 38.3. The van der Waals surface area contributed by atoms with Gasteiger partial charge in [0.15, 0.2) is 5.76 Å². The maximum atomic E-state index is 12.3. The van der Waals surface area contributed by atoms with Crippen molar-refractivity contribution in [1.82, 2.24) is 15.5 Å². The minimum absolute atomic E-state index is 0.0582. The van der Waals surface area contributed by atoms with E-state index in [-0.39, 0.29) is 23.6 Å². The molecule has 1 aliphatic rings. The number of hydrogen-bond acceptors (Lipinski definition) is 4. The number of benzene rings is 1. The molecule has 0 spiro atoms. The number of nitrogens with one attached hydrogen (secondary N) is 2. The molecule has 1 aliphatic heterocycles. The van der Waals surface area contributed by atoms with Crippen molar-refractivity contribution in [3.05, 3.63) is 59.0 Å². The molecule has 2 aromatic rings. The average Bonchev–Trinajstić information content (AvgIpc) is 3.25. The molecule has 2 N–H and O–H groups in total. The molecular formula is C20H22ClN3O4.